The van der Waals surface area contributed by atoms with Crippen molar-refractivity contribution in [3.63, 3.8) is 0 Å². The highest BCUT2D eigenvalue weighted by Gasteiger charge is 2.28. The van der Waals surface area contributed by atoms with Gasteiger partial charge in [0.15, 0.2) is 0 Å². The Kier molecular flexibility index (Phi) is 9.31. The maximum atomic E-state index is 12.2. The summed E-state index contributed by atoms with van der Waals surface area (Å²) in [6.07, 6.45) is 1.89. The highest BCUT2D eigenvalue weighted by atomic mass is 16.3. The summed E-state index contributed by atoms with van der Waals surface area (Å²) in [5, 5.41) is 14.3. The molecule has 0 fully saturated rings. The average molecular weight is 749 g/mol. The summed E-state index contributed by atoms with van der Waals surface area (Å²) in [6, 6.07) is 49.0. The van der Waals surface area contributed by atoms with Gasteiger partial charge >= 0.3 is 0 Å². The Balaban J connectivity index is 1.38. The fraction of sp³-hybridized carbons (Fsp3) is 0.231. The lowest BCUT2D eigenvalue weighted by Crippen LogP contribution is -2.18. The van der Waals surface area contributed by atoms with Crippen molar-refractivity contribution in [2.24, 2.45) is 0 Å². The number of phenolic OH excluding ortho intramolecular Hbond substituents is 1. The maximum absolute atomic E-state index is 12.2. The first-order valence-electron chi connectivity index (χ1n) is 19.9. The number of para-hydroxylation sites is 2. The lowest BCUT2D eigenvalue weighted by Gasteiger charge is -2.28. The molecule has 3 aromatic heterocycles. The van der Waals surface area contributed by atoms with Gasteiger partial charge in [-0.05, 0) is 105 Å². The van der Waals surface area contributed by atoms with Crippen LogP contribution in [-0.4, -0.2) is 19.6 Å². The number of rotatable bonds is 6. The second-order valence-electron chi connectivity index (χ2n) is 18.3. The molecule has 0 bridgehead atoms. The molecule has 5 nitrogen and oxygen atoms in total. The Hall–Kier alpha value is -6.20. The summed E-state index contributed by atoms with van der Waals surface area (Å²) < 4.78 is 2.16. The van der Waals surface area contributed by atoms with E-state index in [0.717, 1.165) is 78.3 Å². The number of anilines is 3. The number of phenols is 1. The second-order valence-corrected chi connectivity index (χ2v) is 18.3. The minimum absolute atomic E-state index is 0.135. The van der Waals surface area contributed by atoms with Crippen molar-refractivity contribution in [1.29, 1.82) is 0 Å². The summed E-state index contributed by atoms with van der Waals surface area (Å²) in [6.45, 7) is 19.9. The number of nitrogens with zero attached hydrogens (tertiary/aromatic N) is 4. The molecule has 0 aliphatic rings. The van der Waals surface area contributed by atoms with Crippen LogP contribution in [0.4, 0.5) is 17.2 Å². The topological polar surface area (TPSA) is 54.2 Å². The predicted octanol–water partition coefficient (Wildman–Crippen LogP) is 14.0. The zero-order valence-corrected chi connectivity index (χ0v) is 34.6. The molecule has 5 heteroatoms. The Morgan fingerprint density at radius 1 is 0.526 bits per heavy atom. The number of fused-ring (bicyclic) bond motifs is 3. The highest BCUT2D eigenvalue weighted by Crippen LogP contribution is 2.44. The first kappa shape index (κ1) is 37.7. The van der Waals surface area contributed by atoms with Gasteiger partial charge in [-0.2, -0.15) is 0 Å². The SMILES string of the molecule is CC(C)(C)c1cc(-c2ccc3c4ccccc4n(-c4cc(C(C)(C)C)cc(C(C)(C)C)c4O)c3n2)cc(N(c2ccccc2)c2cc(-c3ccccc3)ccn2)c1. The van der Waals surface area contributed by atoms with Crippen molar-refractivity contribution < 1.29 is 5.11 Å². The fourth-order valence-electron chi connectivity index (χ4n) is 7.70. The molecule has 0 saturated heterocycles. The minimum Gasteiger partial charge on any atom is -0.505 e. The van der Waals surface area contributed by atoms with E-state index in [2.05, 4.69) is 199 Å². The molecule has 0 spiro atoms. The lowest BCUT2D eigenvalue weighted by atomic mass is 9.79. The van der Waals surface area contributed by atoms with Crippen molar-refractivity contribution in [2.45, 2.75) is 78.6 Å². The largest absolute Gasteiger partial charge is 0.505 e. The van der Waals surface area contributed by atoms with Gasteiger partial charge in [-0.3, -0.25) is 9.47 Å². The van der Waals surface area contributed by atoms with E-state index in [0.29, 0.717) is 0 Å². The van der Waals surface area contributed by atoms with Crippen molar-refractivity contribution in [2.75, 3.05) is 4.90 Å². The van der Waals surface area contributed by atoms with Crippen LogP contribution >= 0.6 is 0 Å². The van der Waals surface area contributed by atoms with Crippen molar-refractivity contribution in [1.82, 2.24) is 14.5 Å². The van der Waals surface area contributed by atoms with E-state index in [1.165, 1.54) is 5.56 Å². The molecular weight excluding hydrogens is 697 g/mol. The molecule has 8 rings (SSSR count). The average Bonchev–Trinajstić information content (AvgIpc) is 3.51. The van der Waals surface area contributed by atoms with Crippen molar-refractivity contribution in [3.8, 4) is 33.8 Å². The summed E-state index contributed by atoms with van der Waals surface area (Å²) in [5.41, 5.74) is 11.3. The fourth-order valence-corrected chi connectivity index (χ4v) is 7.70. The monoisotopic (exact) mass is 748 g/mol. The van der Waals surface area contributed by atoms with E-state index in [9.17, 15) is 5.11 Å². The number of hydrogen-bond donors (Lipinski definition) is 1. The third kappa shape index (κ3) is 7.19. The Labute approximate surface area is 337 Å². The normalized spacial score (nSPS) is 12.4. The van der Waals surface area contributed by atoms with Crippen molar-refractivity contribution >= 4 is 39.1 Å². The molecule has 1 N–H and O–H groups in total. The zero-order chi connectivity index (χ0) is 40.3. The molecule has 0 amide bonds. The number of benzene rings is 5. The summed E-state index contributed by atoms with van der Waals surface area (Å²) in [4.78, 5) is 12.7. The van der Waals surface area contributed by atoms with Gasteiger partial charge in [0.25, 0.3) is 0 Å². The first-order valence-corrected chi connectivity index (χ1v) is 19.9. The smallest absolute Gasteiger partial charge is 0.146 e. The molecule has 5 aromatic carbocycles. The Bertz CT molecular complexity index is 2740. The van der Waals surface area contributed by atoms with E-state index in [1.54, 1.807) is 0 Å². The molecule has 8 aromatic rings. The quantitative estimate of drug-likeness (QED) is 0.184. The third-order valence-corrected chi connectivity index (χ3v) is 11.0. The minimum atomic E-state index is -0.276. The van der Waals surface area contributed by atoms with Crippen LogP contribution < -0.4 is 4.90 Å². The number of aromatic hydroxyl groups is 1. The number of hydrogen-bond acceptors (Lipinski definition) is 4. The molecule has 286 valence electrons. The molecule has 3 heterocycles. The Morgan fingerprint density at radius 2 is 1.18 bits per heavy atom. The van der Waals surface area contributed by atoms with E-state index in [1.807, 2.05) is 18.3 Å². The lowest BCUT2D eigenvalue weighted by molar-refractivity contribution is 0.442. The standard InChI is InChI=1S/C52H52N4O/c1-50(2,3)37-28-36(29-40(31-37)55(39-20-14-11-15-21-39)47-30-35(26-27-53-47)34-18-12-10-13-19-34)44-25-24-42-41-22-16-17-23-45(41)56(49(42)54-44)46-33-38(51(4,5)6)32-43(48(46)57)52(7,8)9/h10-33,57H,1-9H3. The molecule has 0 aliphatic heterocycles. The van der Waals surface area contributed by atoms with Crippen LogP contribution in [0, 0.1) is 0 Å². The predicted molar refractivity (Wildman–Crippen MR) is 240 cm³/mol. The molecule has 0 aliphatic carbocycles. The molecular formula is C52H52N4O. The van der Waals surface area contributed by atoms with Crippen LogP contribution in [0.3, 0.4) is 0 Å². The number of aromatic nitrogens is 3. The molecule has 0 radical (unpaired) electrons. The molecule has 0 unspecified atom stereocenters. The summed E-state index contributed by atoms with van der Waals surface area (Å²) in [7, 11) is 0. The van der Waals surface area contributed by atoms with Crippen LogP contribution in [0.25, 0.3) is 50.0 Å². The van der Waals surface area contributed by atoms with Gasteiger partial charge in [0.05, 0.1) is 16.9 Å². The second kappa shape index (κ2) is 14.1. The van der Waals surface area contributed by atoms with Crippen LogP contribution in [-0.2, 0) is 16.2 Å². The van der Waals surface area contributed by atoms with Gasteiger partial charge in [-0.15, -0.1) is 0 Å². The molecule has 57 heavy (non-hydrogen) atoms. The summed E-state index contributed by atoms with van der Waals surface area (Å²) in [5.74, 6) is 1.11. The van der Waals surface area contributed by atoms with Gasteiger partial charge in [0, 0.05) is 39.5 Å². The van der Waals surface area contributed by atoms with Gasteiger partial charge in [0.1, 0.15) is 17.2 Å². The van der Waals surface area contributed by atoms with Gasteiger partial charge < -0.3 is 5.11 Å². The number of pyridine rings is 2. The Morgan fingerprint density at radius 3 is 1.86 bits per heavy atom. The summed E-state index contributed by atoms with van der Waals surface area (Å²) >= 11 is 0. The van der Waals surface area contributed by atoms with Crippen LogP contribution in [0.15, 0.2) is 146 Å². The third-order valence-electron chi connectivity index (χ3n) is 11.0. The van der Waals surface area contributed by atoms with E-state index >= 15 is 0 Å². The van der Waals surface area contributed by atoms with Gasteiger partial charge in [-0.25, -0.2) is 9.97 Å². The molecule has 0 atom stereocenters. The van der Waals surface area contributed by atoms with E-state index in [4.69, 9.17) is 9.97 Å². The zero-order valence-electron chi connectivity index (χ0n) is 34.6. The maximum Gasteiger partial charge on any atom is 0.146 e. The van der Waals surface area contributed by atoms with Gasteiger partial charge in [0.2, 0.25) is 0 Å². The van der Waals surface area contributed by atoms with Crippen LogP contribution in [0.2, 0.25) is 0 Å². The highest BCUT2D eigenvalue weighted by molar-refractivity contribution is 6.08. The van der Waals surface area contributed by atoms with Crippen LogP contribution in [0.5, 0.6) is 5.75 Å². The van der Waals surface area contributed by atoms with Crippen LogP contribution in [0.1, 0.15) is 79.0 Å². The first-order chi connectivity index (χ1) is 27.1. The van der Waals surface area contributed by atoms with Crippen molar-refractivity contribution in [3.05, 3.63) is 162 Å². The van der Waals surface area contributed by atoms with E-state index < -0.39 is 0 Å². The molecule has 0 saturated carbocycles. The van der Waals surface area contributed by atoms with E-state index in [-0.39, 0.29) is 22.0 Å². The van der Waals surface area contributed by atoms with Gasteiger partial charge in [-0.1, -0.05) is 135 Å².